The Bertz CT molecular complexity index is 479. The second-order valence-electron chi connectivity index (χ2n) is 6.17. The Morgan fingerprint density at radius 1 is 1.14 bits per heavy atom. The van der Waals surface area contributed by atoms with Crippen molar-refractivity contribution in [1.29, 1.82) is 0 Å². The second-order valence-corrected chi connectivity index (χ2v) is 6.17. The molecule has 1 heterocycles. The summed E-state index contributed by atoms with van der Waals surface area (Å²) in [6.07, 6.45) is 0. The normalized spacial score (nSPS) is 11.3. The Morgan fingerprint density at radius 2 is 1.73 bits per heavy atom. The molecule has 0 aliphatic heterocycles. The zero-order valence-corrected chi connectivity index (χ0v) is 14.6. The van der Waals surface area contributed by atoms with Crippen molar-refractivity contribution in [3.63, 3.8) is 0 Å². The number of nitrogens with zero attached hydrogens (tertiary/aromatic N) is 4. The minimum Gasteiger partial charge on any atom is -0.384 e. The minimum atomic E-state index is -0.0921. The Balaban J connectivity index is 2.95. The van der Waals surface area contributed by atoms with Crippen LogP contribution in [0.2, 0.25) is 0 Å². The van der Waals surface area contributed by atoms with Crippen LogP contribution >= 0.6 is 0 Å². The van der Waals surface area contributed by atoms with Crippen molar-refractivity contribution in [2.24, 2.45) is 0 Å². The first kappa shape index (κ1) is 18.2. The molecule has 0 bridgehead atoms. The lowest BCUT2D eigenvalue weighted by molar-refractivity contribution is 0.177. The Labute approximate surface area is 133 Å². The molecule has 0 spiro atoms. The third-order valence-corrected chi connectivity index (χ3v) is 3.55. The van der Waals surface area contributed by atoms with Crippen LogP contribution in [0.5, 0.6) is 0 Å². The van der Waals surface area contributed by atoms with Crippen LogP contribution in [0.3, 0.4) is 0 Å². The van der Waals surface area contributed by atoms with Gasteiger partial charge in [0.1, 0.15) is 11.6 Å². The number of carbonyl (C=O) groups is 1. The number of rotatable bonds is 6. The molecule has 0 saturated carbocycles. The van der Waals surface area contributed by atoms with Crippen molar-refractivity contribution in [2.75, 3.05) is 37.8 Å². The lowest BCUT2D eigenvalue weighted by Gasteiger charge is -2.33. The number of nitrogens with two attached hydrogens (primary N) is 1. The van der Waals surface area contributed by atoms with Gasteiger partial charge in [0.25, 0.3) is 0 Å². The predicted octanol–water partition coefficient (Wildman–Crippen LogP) is 2.27. The number of hydrogen-bond donors (Lipinski definition) is 1. The van der Waals surface area contributed by atoms with Crippen LogP contribution < -0.4 is 10.6 Å². The molecular weight excluding hydrogens is 278 g/mol. The van der Waals surface area contributed by atoms with Crippen molar-refractivity contribution >= 4 is 17.7 Å². The van der Waals surface area contributed by atoms with Crippen LogP contribution in [0.15, 0.2) is 18.2 Å². The number of aromatic nitrogens is 1. The molecule has 1 aromatic rings. The van der Waals surface area contributed by atoms with Crippen molar-refractivity contribution < 1.29 is 4.79 Å². The van der Waals surface area contributed by atoms with Crippen molar-refractivity contribution in [1.82, 2.24) is 14.8 Å². The molecule has 1 aromatic heterocycles. The predicted molar refractivity (Wildman–Crippen MR) is 92.1 cm³/mol. The highest BCUT2D eigenvalue weighted by Gasteiger charge is 2.21. The summed E-state index contributed by atoms with van der Waals surface area (Å²) in [4.78, 5) is 22.3. The van der Waals surface area contributed by atoms with E-state index in [1.54, 1.807) is 30.0 Å². The Kier molecular flexibility index (Phi) is 6.61. The summed E-state index contributed by atoms with van der Waals surface area (Å²) in [6.45, 7) is 10.0. The summed E-state index contributed by atoms with van der Waals surface area (Å²) >= 11 is 0. The van der Waals surface area contributed by atoms with Gasteiger partial charge in [-0.15, -0.1) is 0 Å². The van der Waals surface area contributed by atoms with E-state index in [1.165, 1.54) is 0 Å². The van der Waals surface area contributed by atoms with Gasteiger partial charge in [0.15, 0.2) is 0 Å². The monoisotopic (exact) mass is 307 g/mol. The number of nitrogen functional groups attached to an aromatic ring is 1. The molecule has 0 aliphatic carbocycles. The summed E-state index contributed by atoms with van der Waals surface area (Å²) in [5, 5.41) is 0. The van der Waals surface area contributed by atoms with Gasteiger partial charge in [-0.2, -0.15) is 0 Å². The SMILES string of the molecule is CC(C)N(CCN(C(=O)N(C)C)c1cccc(N)n1)C(C)C. The number of urea groups is 1. The average Bonchev–Trinajstić information content (AvgIpc) is 2.41. The zero-order chi connectivity index (χ0) is 16.9. The quantitative estimate of drug-likeness (QED) is 0.875. The topological polar surface area (TPSA) is 65.7 Å². The molecule has 6 nitrogen and oxygen atoms in total. The average molecular weight is 307 g/mol. The fraction of sp³-hybridized carbons (Fsp3) is 0.625. The van der Waals surface area contributed by atoms with Crippen LogP contribution in [-0.4, -0.2) is 60.1 Å². The molecule has 0 saturated heterocycles. The maximum Gasteiger partial charge on any atom is 0.325 e. The third-order valence-electron chi connectivity index (χ3n) is 3.55. The van der Waals surface area contributed by atoms with Crippen molar-refractivity contribution in [2.45, 2.75) is 39.8 Å². The summed E-state index contributed by atoms with van der Waals surface area (Å²) in [6, 6.07) is 6.10. The highest BCUT2D eigenvalue weighted by atomic mass is 16.2. The van der Waals surface area contributed by atoms with E-state index in [0.29, 0.717) is 30.3 Å². The van der Waals surface area contributed by atoms with Crippen LogP contribution in [0.4, 0.5) is 16.4 Å². The summed E-state index contributed by atoms with van der Waals surface area (Å²) in [5.74, 6) is 1.00. The molecule has 0 aliphatic rings. The number of pyridine rings is 1. The standard InChI is InChI=1S/C16H29N5O/c1-12(2)20(13(3)4)10-11-21(16(22)19(5)6)15-9-7-8-14(17)18-15/h7-9,12-13H,10-11H2,1-6H3,(H2,17,18). The van der Waals surface area contributed by atoms with E-state index in [0.717, 1.165) is 6.54 Å². The van der Waals surface area contributed by atoms with Gasteiger partial charge >= 0.3 is 6.03 Å². The summed E-state index contributed by atoms with van der Waals surface area (Å²) < 4.78 is 0. The number of hydrogen-bond acceptors (Lipinski definition) is 4. The molecule has 0 unspecified atom stereocenters. The molecule has 0 aromatic carbocycles. The van der Waals surface area contributed by atoms with Crippen LogP contribution in [0.1, 0.15) is 27.7 Å². The smallest absolute Gasteiger partial charge is 0.325 e. The van der Waals surface area contributed by atoms with Gasteiger partial charge in [0.2, 0.25) is 0 Å². The molecule has 0 radical (unpaired) electrons. The molecule has 124 valence electrons. The number of amides is 2. The van der Waals surface area contributed by atoms with Gasteiger partial charge in [-0.05, 0) is 39.8 Å². The molecule has 6 heteroatoms. The van der Waals surface area contributed by atoms with Crippen molar-refractivity contribution in [3.05, 3.63) is 18.2 Å². The number of carbonyl (C=O) groups excluding carboxylic acids is 1. The highest BCUT2D eigenvalue weighted by molar-refractivity contribution is 5.90. The van der Waals surface area contributed by atoms with Crippen LogP contribution in [0, 0.1) is 0 Å². The van der Waals surface area contributed by atoms with Gasteiger partial charge in [0.05, 0.1) is 0 Å². The molecule has 0 fully saturated rings. The van der Waals surface area contributed by atoms with E-state index in [9.17, 15) is 4.79 Å². The maximum absolute atomic E-state index is 12.5. The van der Waals surface area contributed by atoms with Gasteiger partial charge in [-0.25, -0.2) is 9.78 Å². The Morgan fingerprint density at radius 3 is 2.18 bits per heavy atom. The minimum absolute atomic E-state index is 0.0921. The summed E-state index contributed by atoms with van der Waals surface area (Å²) in [7, 11) is 3.48. The molecule has 1 rings (SSSR count). The fourth-order valence-corrected chi connectivity index (χ4v) is 2.47. The summed E-state index contributed by atoms with van der Waals surface area (Å²) in [5.41, 5.74) is 5.75. The van der Waals surface area contributed by atoms with E-state index >= 15 is 0 Å². The van der Waals surface area contributed by atoms with E-state index in [2.05, 4.69) is 37.6 Å². The van der Waals surface area contributed by atoms with E-state index < -0.39 is 0 Å². The first-order chi connectivity index (χ1) is 10.2. The number of anilines is 2. The molecule has 2 amide bonds. The highest BCUT2D eigenvalue weighted by Crippen LogP contribution is 2.15. The van der Waals surface area contributed by atoms with E-state index in [-0.39, 0.29) is 6.03 Å². The van der Waals surface area contributed by atoms with Crippen molar-refractivity contribution in [3.8, 4) is 0 Å². The largest absolute Gasteiger partial charge is 0.384 e. The fourth-order valence-electron chi connectivity index (χ4n) is 2.47. The molecular formula is C16H29N5O. The van der Waals surface area contributed by atoms with Crippen LogP contribution in [0.25, 0.3) is 0 Å². The van der Waals surface area contributed by atoms with E-state index in [1.807, 2.05) is 12.1 Å². The van der Waals surface area contributed by atoms with E-state index in [4.69, 9.17) is 5.73 Å². The lowest BCUT2D eigenvalue weighted by Crippen LogP contribution is -2.47. The molecule has 2 N–H and O–H groups in total. The molecule has 22 heavy (non-hydrogen) atoms. The second kappa shape index (κ2) is 7.98. The first-order valence-electron chi connectivity index (χ1n) is 7.71. The van der Waals surface area contributed by atoms with Gasteiger partial charge in [0, 0.05) is 39.3 Å². The van der Waals surface area contributed by atoms with Gasteiger partial charge < -0.3 is 10.6 Å². The van der Waals surface area contributed by atoms with Crippen LogP contribution in [-0.2, 0) is 0 Å². The maximum atomic E-state index is 12.5. The third kappa shape index (κ3) is 4.87. The molecule has 0 atom stereocenters. The zero-order valence-electron chi connectivity index (χ0n) is 14.6. The van der Waals surface area contributed by atoms with Gasteiger partial charge in [-0.3, -0.25) is 9.80 Å². The lowest BCUT2D eigenvalue weighted by atomic mass is 10.2. The Hall–Kier alpha value is -1.82. The van der Waals surface area contributed by atoms with Gasteiger partial charge in [-0.1, -0.05) is 6.07 Å². The first-order valence-corrected chi connectivity index (χ1v) is 7.71.